The van der Waals surface area contributed by atoms with Gasteiger partial charge >= 0.3 is 6.09 Å². The molecule has 2 atom stereocenters. The molecule has 0 unspecified atom stereocenters. The Kier molecular flexibility index (Phi) is 3.60. The first-order valence-electron chi connectivity index (χ1n) is 5.41. The van der Waals surface area contributed by atoms with Gasteiger partial charge in [0, 0.05) is 0 Å². The maximum atomic E-state index is 11.5. The molecular formula is C11H21NO3. The van der Waals surface area contributed by atoms with Crippen LogP contribution in [0, 0.1) is 5.92 Å². The number of amides is 1. The lowest BCUT2D eigenvalue weighted by atomic mass is 10.0. The molecule has 1 heterocycles. The predicted molar refractivity (Wildman–Crippen MR) is 57.7 cm³/mol. The second-order valence-corrected chi connectivity index (χ2v) is 5.29. The van der Waals surface area contributed by atoms with E-state index < -0.39 is 5.60 Å². The standard InChI is InChI=1S/C11H21NO3/c1-7(2)9(8-6-14-8)12-10(13)15-11(3,4)5/h7-9H,6H2,1-5H3,(H,12,13)/t8-,9-/m1/s1. The van der Waals surface area contributed by atoms with E-state index in [0.29, 0.717) is 5.92 Å². The van der Waals surface area contributed by atoms with Crippen LogP contribution in [0.1, 0.15) is 34.6 Å². The summed E-state index contributed by atoms with van der Waals surface area (Å²) < 4.78 is 10.4. The SMILES string of the molecule is CC(C)[C@@H](NC(=O)OC(C)(C)C)[C@H]1CO1. The Morgan fingerprint density at radius 3 is 2.33 bits per heavy atom. The van der Waals surface area contributed by atoms with Crippen LogP contribution in [0.3, 0.4) is 0 Å². The fourth-order valence-electron chi connectivity index (χ4n) is 1.40. The minimum atomic E-state index is -0.448. The Morgan fingerprint density at radius 1 is 1.47 bits per heavy atom. The van der Waals surface area contributed by atoms with Gasteiger partial charge in [-0.15, -0.1) is 0 Å². The van der Waals surface area contributed by atoms with Crippen LogP contribution < -0.4 is 5.32 Å². The number of hydrogen-bond donors (Lipinski definition) is 1. The topological polar surface area (TPSA) is 50.9 Å². The Bertz CT molecular complexity index is 226. The zero-order chi connectivity index (χ0) is 11.6. The second-order valence-electron chi connectivity index (χ2n) is 5.29. The molecule has 1 aliphatic heterocycles. The molecule has 1 saturated heterocycles. The van der Waals surface area contributed by atoms with Crippen LogP contribution in [0.4, 0.5) is 4.79 Å². The van der Waals surface area contributed by atoms with Crippen LogP contribution in [-0.2, 0) is 9.47 Å². The molecule has 1 aliphatic rings. The minimum Gasteiger partial charge on any atom is -0.444 e. The molecule has 1 fully saturated rings. The lowest BCUT2D eigenvalue weighted by Gasteiger charge is -2.24. The molecule has 0 spiro atoms. The molecule has 4 heteroatoms. The third-order valence-electron chi connectivity index (χ3n) is 2.16. The largest absolute Gasteiger partial charge is 0.444 e. The van der Waals surface area contributed by atoms with Gasteiger partial charge in [-0.05, 0) is 26.7 Å². The van der Waals surface area contributed by atoms with Gasteiger partial charge in [0.25, 0.3) is 0 Å². The molecule has 0 aliphatic carbocycles. The van der Waals surface area contributed by atoms with Crippen molar-refractivity contribution in [1.29, 1.82) is 0 Å². The molecular weight excluding hydrogens is 194 g/mol. The first-order valence-corrected chi connectivity index (χ1v) is 5.41. The molecule has 0 bridgehead atoms. The summed E-state index contributed by atoms with van der Waals surface area (Å²) in [6.07, 6.45) is -0.200. The molecule has 1 N–H and O–H groups in total. The Labute approximate surface area is 91.3 Å². The van der Waals surface area contributed by atoms with E-state index in [1.54, 1.807) is 0 Å². The molecule has 15 heavy (non-hydrogen) atoms. The number of nitrogens with one attached hydrogen (secondary N) is 1. The Hall–Kier alpha value is -0.770. The number of rotatable bonds is 3. The zero-order valence-electron chi connectivity index (χ0n) is 10.2. The van der Waals surface area contributed by atoms with Crippen molar-refractivity contribution in [2.75, 3.05) is 6.61 Å². The molecule has 1 amide bonds. The molecule has 0 aromatic rings. The average Bonchev–Trinajstić information content (AvgIpc) is 2.78. The van der Waals surface area contributed by atoms with Gasteiger partial charge in [0.2, 0.25) is 0 Å². The van der Waals surface area contributed by atoms with Crippen molar-refractivity contribution in [3.8, 4) is 0 Å². The predicted octanol–water partition coefficient (Wildman–Crippen LogP) is 1.93. The number of ether oxygens (including phenoxy) is 2. The summed E-state index contributed by atoms with van der Waals surface area (Å²) in [6, 6.07) is 0.0554. The highest BCUT2D eigenvalue weighted by Crippen LogP contribution is 2.20. The molecule has 0 radical (unpaired) electrons. The third kappa shape index (κ3) is 4.51. The number of hydrogen-bond acceptors (Lipinski definition) is 3. The maximum Gasteiger partial charge on any atom is 0.407 e. The van der Waals surface area contributed by atoms with Gasteiger partial charge in [-0.2, -0.15) is 0 Å². The number of alkyl carbamates (subject to hydrolysis) is 1. The van der Waals surface area contributed by atoms with Crippen LogP contribution in [0.25, 0.3) is 0 Å². The van der Waals surface area contributed by atoms with Gasteiger partial charge < -0.3 is 14.8 Å². The van der Waals surface area contributed by atoms with E-state index in [1.807, 2.05) is 20.8 Å². The smallest absolute Gasteiger partial charge is 0.407 e. The van der Waals surface area contributed by atoms with Crippen molar-refractivity contribution >= 4 is 6.09 Å². The lowest BCUT2D eigenvalue weighted by molar-refractivity contribution is 0.0478. The molecule has 88 valence electrons. The van der Waals surface area contributed by atoms with Gasteiger partial charge in [0.15, 0.2) is 0 Å². The maximum absolute atomic E-state index is 11.5. The average molecular weight is 215 g/mol. The van der Waals surface area contributed by atoms with Gasteiger partial charge in [0.05, 0.1) is 12.6 Å². The second kappa shape index (κ2) is 4.39. The van der Waals surface area contributed by atoms with Crippen molar-refractivity contribution in [1.82, 2.24) is 5.32 Å². The van der Waals surface area contributed by atoms with Gasteiger partial charge in [-0.25, -0.2) is 4.79 Å². The fraction of sp³-hybridized carbons (Fsp3) is 0.909. The quantitative estimate of drug-likeness (QED) is 0.732. The lowest BCUT2D eigenvalue weighted by Crippen LogP contribution is -2.44. The van der Waals surface area contributed by atoms with E-state index in [9.17, 15) is 4.79 Å². The van der Waals surface area contributed by atoms with E-state index in [0.717, 1.165) is 6.61 Å². The summed E-state index contributed by atoms with van der Waals surface area (Å²) >= 11 is 0. The van der Waals surface area contributed by atoms with Crippen molar-refractivity contribution < 1.29 is 14.3 Å². The van der Waals surface area contributed by atoms with E-state index in [1.165, 1.54) is 0 Å². The van der Waals surface area contributed by atoms with Crippen molar-refractivity contribution in [3.05, 3.63) is 0 Å². The molecule has 0 aromatic carbocycles. The molecule has 4 nitrogen and oxygen atoms in total. The summed E-state index contributed by atoms with van der Waals surface area (Å²) in [5, 5.41) is 2.85. The van der Waals surface area contributed by atoms with Crippen LogP contribution in [0.5, 0.6) is 0 Å². The summed E-state index contributed by atoms with van der Waals surface area (Å²) in [4.78, 5) is 11.5. The highest BCUT2D eigenvalue weighted by Gasteiger charge is 2.36. The van der Waals surface area contributed by atoms with Crippen LogP contribution in [-0.4, -0.2) is 30.4 Å². The van der Waals surface area contributed by atoms with Crippen molar-refractivity contribution in [3.63, 3.8) is 0 Å². The van der Waals surface area contributed by atoms with E-state index in [-0.39, 0.29) is 18.2 Å². The monoisotopic (exact) mass is 215 g/mol. The van der Waals surface area contributed by atoms with Crippen LogP contribution >= 0.6 is 0 Å². The third-order valence-corrected chi connectivity index (χ3v) is 2.16. The number of epoxide rings is 1. The number of carbonyl (C=O) groups is 1. The van der Waals surface area contributed by atoms with E-state index >= 15 is 0 Å². The molecule has 0 saturated carbocycles. The van der Waals surface area contributed by atoms with Crippen molar-refractivity contribution in [2.24, 2.45) is 5.92 Å². The highest BCUT2D eigenvalue weighted by atomic mass is 16.6. The van der Waals surface area contributed by atoms with E-state index in [4.69, 9.17) is 9.47 Å². The summed E-state index contributed by atoms with van der Waals surface area (Å²) in [7, 11) is 0. The first-order chi connectivity index (χ1) is 6.79. The Balaban J connectivity index is 2.41. The molecule has 0 aromatic heterocycles. The number of carbonyl (C=O) groups excluding carboxylic acids is 1. The summed E-state index contributed by atoms with van der Waals surface area (Å²) in [5.74, 6) is 0.352. The minimum absolute atomic E-state index is 0.0554. The summed E-state index contributed by atoms with van der Waals surface area (Å²) in [5.41, 5.74) is -0.448. The highest BCUT2D eigenvalue weighted by molar-refractivity contribution is 5.68. The normalized spacial score (nSPS) is 22.4. The van der Waals surface area contributed by atoms with Crippen molar-refractivity contribution in [2.45, 2.75) is 52.4 Å². The molecule has 1 rings (SSSR count). The summed E-state index contributed by atoms with van der Waals surface area (Å²) in [6.45, 7) is 10.4. The van der Waals surface area contributed by atoms with Gasteiger partial charge in [-0.1, -0.05) is 13.8 Å². The van der Waals surface area contributed by atoms with E-state index in [2.05, 4.69) is 19.2 Å². The Morgan fingerprint density at radius 2 is 2.00 bits per heavy atom. The fourth-order valence-corrected chi connectivity index (χ4v) is 1.40. The van der Waals surface area contributed by atoms with Gasteiger partial charge in [0.1, 0.15) is 11.7 Å². The van der Waals surface area contributed by atoms with Crippen LogP contribution in [0.15, 0.2) is 0 Å². The first kappa shape index (κ1) is 12.3. The van der Waals surface area contributed by atoms with Crippen LogP contribution in [0.2, 0.25) is 0 Å². The zero-order valence-corrected chi connectivity index (χ0v) is 10.2. The van der Waals surface area contributed by atoms with Gasteiger partial charge in [-0.3, -0.25) is 0 Å².